The van der Waals surface area contributed by atoms with Gasteiger partial charge in [-0.2, -0.15) is 0 Å². The second kappa shape index (κ2) is 16.4. The fraction of sp³-hybridized carbons (Fsp3) is 0. The summed E-state index contributed by atoms with van der Waals surface area (Å²) in [5.41, 5.74) is 0. The van der Waals surface area contributed by atoms with Crippen molar-refractivity contribution in [2.75, 3.05) is 0 Å². The van der Waals surface area contributed by atoms with Crippen LogP contribution >= 0.6 is 15.6 Å². The molecule has 0 rings (SSSR count). The molecule has 0 aromatic rings. The summed E-state index contributed by atoms with van der Waals surface area (Å²) in [6.45, 7) is 0. The third-order valence-electron chi connectivity index (χ3n) is 0. The van der Waals surface area contributed by atoms with Gasteiger partial charge in [0.15, 0.2) is 0 Å². The lowest BCUT2D eigenvalue weighted by Gasteiger charge is -1.82. The summed E-state index contributed by atoms with van der Waals surface area (Å²) in [5.74, 6) is 0. The van der Waals surface area contributed by atoms with Gasteiger partial charge in [0.1, 0.15) is 0 Å². The van der Waals surface area contributed by atoms with Crippen molar-refractivity contribution < 1.29 is 65.9 Å². The molecule has 0 unspecified atom stereocenters. The quantitative estimate of drug-likeness (QED) is 0.232. The van der Waals surface area contributed by atoms with Gasteiger partial charge < -0.3 is 56.7 Å². The van der Waals surface area contributed by atoms with Crippen LogP contribution in [0.1, 0.15) is 0 Å². The van der Waals surface area contributed by atoms with Gasteiger partial charge in [0.05, 0.1) is 0 Å². The van der Waals surface area contributed by atoms with Crippen LogP contribution in [0.3, 0.4) is 0 Å². The van der Waals surface area contributed by atoms with Gasteiger partial charge in [-0.3, -0.25) is 0 Å². The second-order valence-electron chi connectivity index (χ2n) is 1.03. The highest BCUT2D eigenvalue weighted by Crippen LogP contribution is 2.26. The van der Waals surface area contributed by atoms with Crippen LogP contribution in [-0.2, 0) is 9.13 Å². The Labute approximate surface area is 82.6 Å². The van der Waals surface area contributed by atoms with Gasteiger partial charge in [0.25, 0.3) is 0 Å². The summed E-state index contributed by atoms with van der Waals surface area (Å²) < 4.78 is 17.8. The van der Waals surface area contributed by atoms with E-state index in [0.29, 0.717) is 0 Å². The summed E-state index contributed by atoms with van der Waals surface area (Å²) in [6, 6.07) is 0. The van der Waals surface area contributed by atoms with Crippen molar-refractivity contribution in [2.24, 2.45) is 0 Å². The molecular weight excluding hydrogens is 270 g/mol. The molecule has 0 amide bonds. The maximum atomic E-state index is 8.88. The predicted octanol–water partition coefficient (Wildman–Crippen LogP) is -5.98. The molecule has 0 aromatic heterocycles. The molecule has 0 aliphatic carbocycles. The molecule has 0 atom stereocenters. The fourth-order valence-electron chi connectivity index (χ4n) is 0. The Morgan fingerprint density at radius 3 is 0.467 bits per heavy atom. The summed E-state index contributed by atoms with van der Waals surface area (Å²) >= 11 is 0. The Kier molecular flexibility index (Phi) is 50.3. The fourth-order valence-corrected chi connectivity index (χ4v) is 0. The first-order chi connectivity index (χ1) is 4.00. The van der Waals surface area contributed by atoms with Gasteiger partial charge in [-0.1, -0.05) is 0 Å². The van der Waals surface area contributed by atoms with E-state index in [2.05, 4.69) is 0 Å². The highest BCUT2D eigenvalue weighted by atomic mass is 31.2. The standard InChI is InChI=1S/2H3O4P.5H2O/c2*1-5(2,3)4;;;;;/h2*(H3,1,2,3,4);5*1H2. The van der Waals surface area contributed by atoms with E-state index in [9.17, 15) is 0 Å². The molecular formula is H16O13P2. The summed E-state index contributed by atoms with van der Waals surface area (Å²) in [6.07, 6.45) is 0. The Hall–Kier alpha value is 0.0200. The van der Waals surface area contributed by atoms with Crippen molar-refractivity contribution in [2.45, 2.75) is 0 Å². The van der Waals surface area contributed by atoms with Crippen LogP contribution in [-0.4, -0.2) is 56.7 Å². The molecule has 0 aromatic carbocycles. The van der Waals surface area contributed by atoms with Crippen molar-refractivity contribution in [3.8, 4) is 0 Å². The van der Waals surface area contributed by atoms with E-state index in [1.807, 2.05) is 0 Å². The highest BCUT2D eigenvalue weighted by Gasteiger charge is 2.00. The lowest BCUT2D eigenvalue weighted by Crippen LogP contribution is -1.66. The summed E-state index contributed by atoms with van der Waals surface area (Å²) in [7, 11) is -9.28. The van der Waals surface area contributed by atoms with Crippen molar-refractivity contribution in [3.63, 3.8) is 0 Å². The van der Waals surface area contributed by atoms with E-state index in [1.165, 1.54) is 0 Å². The highest BCUT2D eigenvalue weighted by molar-refractivity contribution is 7.45. The smallest absolute Gasteiger partial charge is 0.412 e. The molecule has 0 fully saturated rings. The van der Waals surface area contributed by atoms with Crippen LogP contribution in [0, 0.1) is 0 Å². The SMILES string of the molecule is O.O.O.O.O.O=P(O)(O)O.O=P(O)(O)O. The molecule has 13 nitrogen and oxygen atoms in total. The maximum absolute atomic E-state index is 8.88. The topological polar surface area (TPSA) is 313 Å². The molecule has 0 radical (unpaired) electrons. The lowest BCUT2D eigenvalue weighted by atomic mass is 15.8. The van der Waals surface area contributed by atoms with Crippen LogP contribution in [0.15, 0.2) is 0 Å². The largest absolute Gasteiger partial charge is 0.466 e. The van der Waals surface area contributed by atoms with Gasteiger partial charge in [-0.15, -0.1) is 0 Å². The molecule has 0 heterocycles. The minimum absolute atomic E-state index is 0. The molecule has 0 spiro atoms. The third kappa shape index (κ3) is 5060000. The van der Waals surface area contributed by atoms with E-state index in [-0.39, 0.29) is 27.4 Å². The molecule has 16 N–H and O–H groups in total. The molecule has 15 heavy (non-hydrogen) atoms. The van der Waals surface area contributed by atoms with Crippen LogP contribution in [0.5, 0.6) is 0 Å². The molecule has 0 bridgehead atoms. The Morgan fingerprint density at radius 2 is 0.467 bits per heavy atom. The van der Waals surface area contributed by atoms with Gasteiger partial charge in [-0.05, 0) is 0 Å². The number of hydrogen-bond donors (Lipinski definition) is 6. The monoisotopic (exact) mass is 286 g/mol. The van der Waals surface area contributed by atoms with Gasteiger partial charge in [0, 0.05) is 0 Å². The van der Waals surface area contributed by atoms with Crippen molar-refractivity contribution in [1.82, 2.24) is 0 Å². The molecule has 0 saturated carbocycles. The molecule has 104 valence electrons. The zero-order valence-electron chi connectivity index (χ0n) is 6.89. The zero-order chi connectivity index (χ0) is 9.00. The minimum Gasteiger partial charge on any atom is -0.412 e. The number of phosphoric acid groups is 2. The molecule has 0 aliphatic rings. The van der Waals surface area contributed by atoms with Gasteiger partial charge in [-0.25, -0.2) is 9.13 Å². The van der Waals surface area contributed by atoms with Crippen molar-refractivity contribution in [1.29, 1.82) is 0 Å². The first kappa shape index (κ1) is 45.9. The van der Waals surface area contributed by atoms with E-state index in [0.717, 1.165) is 0 Å². The van der Waals surface area contributed by atoms with Crippen molar-refractivity contribution >= 4 is 15.6 Å². The average Bonchev–Trinajstić information content (AvgIpc) is 1.12. The first-order valence-corrected chi connectivity index (χ1v) is 4.70. The van der Waals surface area contributed by atoms with E-state index in [4.69, 9.17) is 38.5 Å². The van der Waals surface area contributed by atoms with Gasteiger partial charge in [0.2, 0.25) is 0 Å². The Balaban J connectivity index is -0.0000000128. The number of hydrogen-bond acceptors (Lipinski definition) is 2. The first-order valence-electron chi connectivity index (χ1n) is 1.57. The van der Waals surface area contributed by atoms with E-state index in [1.54, 1.807) is 0 Å². The van der Waals surface area contributed by atoms with Crippen LogP contribution in [0.2, 0.25) is 0 Å². The average molecular weight is 286 g/mol. The Bertz CT molecular complexity index is 121. The van der Waals surface area contributed by atoms with Crippen LogP contribution in [0.4, 0.5) is 0 Å². The molecule has 0 aliphatic heterocycles. The normalized spacial score (nSPS) is 7.87. The zero-order valence-corrected chi connectivity index (χ0v) is 8.68. The van der Waals surface area contributed by atoms with Gasteiger partial charge >= 0.3 is 15.6 Å². The maximum Gasteiger partial charge on any atom is 0.466 e. The van der Waals surface area contributed by atoms with Crippen LogP contribution < -0.4 is 0 Å². The second-order valence-corrected chi connectivity index (χ2v) is 3.08. The van der Waals surface area contributed by atoms with E-state index < -0.39 is 15.6 Å². The molecule has 0 saturated heterocycles. The Morgan fingerprint density at radius 1 is 0.467 bits per heavy atom. The van der Waals surface area contributed by atoms with E-state index >= 15 is 0 Å². The summed E-state index contributed by atoms with van der Waals surface area (Å²) in [5, 5.41) is 0. The van der Waals surface area contributed by atoms with Crippen LogP contribution in [0.25, 0.3) is 0 Å². The third-order valence-corrected chi connectivity index (χ3v) is 0. The summed E-state index contributed by atoms with van der Waals surface area (Å²) in [4.78, 5) is 43.1. The minimum atomic E-state index is -4.64. The number of rotatable bonds is 0. The molecule has 15 heteroatoms. The lowest BCUT2D eigenvalue weighted by molar-refractivity contribution is 0.272. The predicted molar refractivity (Wildman–Crippen MR) is 46.6 cm³/mol. The van der Waals surface area contributed by atoms with Crippen molar-refractivity contribution in [3.05, 3.63) is 0 Å².